The highest BCUT2D eigenvalue weighted by Crippen LogP contribution is 2.32. The third-order valence-corrected chi connectivity index (χ3v) is 5.92. The fraction of sp³-hybridized carbons (Fsp3) is 0.120. The number of fused-ring (bicyclic) bond motifs is 1. The zero-order chi connectivity index (χ0) is 22.9. The Morgan fingerprint density at radius 1 is 1.06 bits per heavy atom. The van der Waals surface area contributed by atoms with Gasteiger partial charge < -0.3 is 9.30 Å². The maximum atomic E-state index is 13.7. The standard InChI is InChI=1S/C25H20ClN5O2/c1-16-24(25(32)22-10-12-31(29-22)19-9-11-27-28-14-19)21-13-20(33-2)7-8-23(21)30(16)15-17-3-5-18(26)6-4-17/h3-14H,15H2,1-2H3. The van der Waals surface area contributed by atoms with Gasteiger partial charge in [-0.05, 0) is 55.0 Å². The topological polar surface area (TPSA) is 74.8 Å². The van der Waals surface area contributed by atoms with Crippen molar-refractivity contribution in [2.75, 3.05) is 7.11 Å². The molecule has 0 unspecified atom stereocenters. The van der Waals surface area contributed by atoms with Crippen molar-refractivity contribution in [3.8, 4) is 11.4 Å². The van der Waals surface area contributed by atoms with Gasteiger partial charge in [-0.3, -0.25) is 4.79 Å². The van der Waals surface area contributed by atoms with Gasteiger partial charge in [0.05, 0.1) is 30.8 Å². The Labute approximate surface area is 195 Å². The Morgan fingerprint density at radius 3 is 2.61 bits per heavy atom. The van der Waals surface area contributed by atoms with Crippen LogP contribution < -0.4 is 4.74 Å². The molecule has 0 aliphatic heterocycles. The van der Waals surface area contributed by atoms with Crippen molar-refractivity contribution in [3.63, 3.8) is 0 Å². The molecule has 0 bridgehead atoms. The molecule has 0 aliphatic carbocycles. The van der Waals surface area contributed by atoms with Gasteiger partial charge >= 0.3 is 0 Å². The third kappa shape index (κ3) is 3.87. The van der Waals surface area contributed by atoms with Crippen LogP contribution in [0.5, 0.6) is 5.75 Å². The summed E-state index contributed by atoms with van der Waals surface area (Å²) in [4.78, 5) is 13.7. The summed E-state index contributed by atoms with van der Waals surface area (Å²) in [5.41, 5.74) is 4.58. The number of carbonyl (C=O) groups is 1. The SMILES string of the molecule is COc1ccc2c(c1)c(C(=O)c1ccn(-c3ccnnc3)n1)c(C)n2Cc1ccc(Cl)cc1. The monoisotopic (exact) mass is 457 g/mol. The molecule has 164 valence electrons. The second-order valence-corrected chi connectivity index (χ2v) is 8.07. The number of aromatic nitrogens is 5. The summed E-state index contributed by atoms with van der Waals surface area (Å²) in [5, 5.41) is 13.7. The predicted molar refractivity (Wildman–Crippen MR) is 126 cm³/mol. The molecule has 0 saturated heterocycles. The minimum atomic E-state index is -0.152. The Kier molecular flexibility index (Phi) is 5.40. The van der Waals surface area contributed by atoms with Crippen LogP contribution >= 0.6 is 11.6 Å². The van der Waals surface area contributed by atoms with Crippen LogP contribution in [0.25, 0.3) is 16.6 Å². The molecule has 0 N–H and O–H groups in total. The van der Waals surface area contributed by atoms with E-state index in [0.29, 0.717) is 28.6 Å². The van der Waals surface area contributed by atoms with Crippen molar-refractivity contribution in [3.05, 3.63) is 101 Å². The Balaban J connectivity index is 1.61. The van der Waals surface area contributed by atoms with E-state index in [0.717, 1.165) is 27.8 Å². The summed E-state index contributed by atoms with van der Waals surface area (Å²) in [7, 11) is 1.62. The lowest BCUT2D eigenvalue weighted by Gasteiger charge is -2.09. The lowest BCUT2D eigenvalue weighted by Crippen LogP contribution is -2.08. The molecule has 3 aromatic heterocycles. The van der Waals surface area contributed by atoms with Gasteiger partial charge in [-0.1, -0.05) is 23.7 Å². The van der Waals surface area contributed by atoms with Gasteiger partial charge in [0, 0.05) is 34.4 Å². The molecule has 0 amide bonds. The lowest BCUT2D eigenvalue weighted by atomic mass is 10.0. The normalized spacial score (nSPS) is 11.1. The van der Waals surface area contributed by atoms with Crippen molar-refractivity contribution >= 4 is 28.3 Å². The average Bonchev–Trinajstić information content (AvgIpc) is 3.44. The van der Waals surface area contributed by atoms with Crippen LogP contribution in [0.2, 0.25) is 5.02 Å². The lowest BCUT2D eigenvalue weighted by molar-refractivity contribution is 0.103. The number of hydrogen-bond donors (Lipinski definition) is 0. The zero-order valence-corrected chi connectivity index (χ0v) is 18.8. The summed E-state index contributed by atoms with van der Waals surface area (Å²) in [6, 6.07) is 17.0. The van der Waals surface area contributed by atoms with Crippen LogP contribution in [-0.4, -0.2) is 37.4 Å². The zero-order valence-electron chi connectivity index (χ0n) is 18.1. The second-order valence-electron chi connectivity index (χ2n) is 7.63. The molecule has 5 rings (SSSR count). The van der Waals surface area contributed by atoms with Gasteiger partial charge in [0.25, 0.3) is 0 Å². The highest BCUT2D eigenvalue weighted by Gasteiger charge is 2.23. The molecule has 5 aromatic rings. The molecule has 33 heavy (non-hydrogen) atoms. The van der Waals surface area contributed by atoms with E-state index in [1.165, 1.54) is 0 Å². The Morgan fingerprint density at radius 2 is 1.88 bits per heavy atom. The van der Waals surface area contributed by atoms with Gasteiger partial charge in [0.15, 0.2) is 0 Å². The first-order valence-electron chi connectivity index (χ1n) is 10.3. The van der Waals surface area contributed by atoms with E-state index in [2.05, 4.69) is 19.9 Å². The Hall–Kier alpha value is -3.97. The first-order valence-corrected chi connectivity index (χ1v) is 10.7. The number of halogens is 1. The highest BCUT2D eigenvalue weighted by molar-refractivity contribution is 6.30. The van der Waals surface area contributed by atoms with E-state index in [4.69, 9.17) is 16.3 Å². The summed E-state index contributed by atoms with van der Waals surface area (Å²) >= 11 is 6.05. The molecule has 8 heteroatoms. The van der Waals surface area contributed by atoms with Crippen LogP contribution in [-0.2, 0) is 6.54 Å². The van der Waals surface area contributed by atoms with Gasteiger partial charge in [-0.2, -0.15) is 15.3 Å². The minimum absolute atomic E-state index is 0.152. The van der Waals surface area contributed by atoms with Crippen molar-refractivity contribution < 1.29 is 9.53 Å². The molecular formula is C25H20ClN5O2. The minimum Gasteiger partial charge on any atom is -0.497 e. The van der Waals surface area contributed by atoms with Crippen molar-refractivity contribution in [2.45, 2.75) is 13.5 Å². The van der Waals surface area contributed by atoms with Crippen molar-refractivity contribution in [1.29, 1.82) is 0 Å². The smallest absolute Gasteiger partial charge is 0.215 e. The molecular weight excluding hydrogens is 438 g/mol. The molecule has 2 aromatic carbocycles. The van der Waals surface area contributed by atoms with Crippen LogP contribution in [0, 0.1) is 6.92 Å². The summed E-state index contributed by atoms with van der Waals surface area (Å²) in [6.07, 6.45) is 4.92. The molecule has 0 radical (unpaired) electrons. The fourth-order valence-corrected chi connectivity index (χ4v) is 4.11. The molecule has 7 nitrogen and oxygen atoms in total. The van der Waals surface area contributed by atoms with Crippen LogP contribution in [0.4, 0.5) is 0 Å². The largest absolute Gasteiger partial charge is 0.497 e. The highest BCUT2D eigenvalue weighted by atomic mass is 35.5. The van der Waals surface area contributed by atoms with E-state index >= 15 is 0 Å². The van der Waals surface area contributed by atoms with Gasteiger partial charge in [0.2, 0.25) is 5.78 Å². The summed E-state index contributed by atoms with van der Waals surface area (Å²) in [5.74, 6) is 0.537. The first-order chi connectivity index (χ1) is 16.0. The first kappa shape index (κ1) is 20.9. The van der Waals surface area contributed by atoms with E-state index < -0.39 is 0 Å². The quantitative estimate of drug-likeness (QED) is 0.340. The van der Waals surface area contributed by atoms with E-state index in [-0.39, 0.29) is 5.78 Å². The molecule has 0 spiro atoms. The van der Waals surface area contributed by atoms with Crippen molar-refractivity contribution in [1.82, 2.24) is 24.5 Å². The van der Waals surface area contributed by atoms with Crippen LogP contribution in [0.15, 0.2) is 73.2 Å². The number of hydrogen-bond acceptors (Lipinski definition) is 5. The number of nitrogens with zero attached hydrogens (tertiary/aromatic N) is 5. The summed E-state index contributed by atoms with van der Waals surface area (Å²) in [6.45, 7) is 2.57. The maximum Gasteiger partial charge on any atom is 0.215 e. The predicted octanol–water partition coefficient (Wildman–Crippen LogP) is 4.87. The maximum absolute atomic E-state index is 13.7. The summed E-state index contributed by atoms with van der Waals surface area (Å²) < 4.78 is 9.19. The molecule has 3 heterocycles. The number of benzene rings is 2. The van der Waals surface area contributed by atoms with Crippen molar-refractivity contribution in [2.24, 2.45) is 0 Å². The Bertz CT molecular complexity index is 1460. The number of ketones is 1. The van der Waals surface area contributed by atoms with E-state index in [9.17, 15) is 4.79 Å². The second kappa shape index (κ2) is 8.52. The van der Waals surface area contributed by atoms with Crippen LogP contribution in [0.1, 0.15) is 27.3 Å². The third-order valence-electron chi connectivity index (χ3n) is 5.67. The van der Waals surface area contributed by atoms with Crippen LogP contribution in [0.3, 0.4) is 0 Å². The number of ether oxygens (including phenoxy) is 1. The number of methoxy groups -OCH3 is 1. The number of carbonyl (C=O) groups excluding carboxylic acids is 1. The fourth-order valence-electron chi connectivity index (χ4n) is 3.99. The van der Waals surface area contributed by atoms with E-state index in [1.54, 1.807) is 42.5 Å². The van der Waals surface area contributed by atoms with Gasteiger partial charge in [-0.15, -0.1) is 0 Å². The molecule has 0 aliphatic rings. The number of rotatable bonds is 6. The molecule has 0 saturated carbocycles. The average molecular weight is 458 g/mol. The van der Waals surface area contributed by atoms with Gasteiger partial charge in [0.1, 0.15) is 11.4 Å². The molecule has 0 fully saturated rings. The molecule has 0 atom stereocenters. The van der Waals surface area contributed by atoms with E-state index in [1.807, 2.05) is 49.4 Å². The van der Waals surface area contributed by atoms with Gasteiger partial charge in [-0.25, -0.2) is 4.68 Å².